The topological polar surface area (TPSA) is 82.0 Å². The highest BCUT2D eigenvalue weighted by Gasteiger charge is 2.29. The number of hydrogen-bond donors (Lipinski definition) is 1. The van der Waals surface area contributed by atoms with Gasteiger partial charge in [-0.3, -0.25) is 4.79 Å². The Hall–Kier alpha value is -3.25. The first-order chi connectivity index (χ1) is 19.4. The van der Waals surface area contributed by atoms with Gasteiger partial charge < -0.3 is 23.4 Å². The van der Waals surface area contributed by atoms with Crippen molar-refractivity contribution in [3.8, 4) is 11.5 Å². The van der Waals surface area contributed by atoms with E-state index < -0.39 is 6.10 Å². The fraction of sp³-hybridized carbons (Fsp3) is 0.500. The maximum absolute atomic E-state index is 12.8. The average molecular weight is 547 g/mol. The number of carbonyl (C=O) groups is 1. The molecule has 6 nitrogen and oxygen atoms in total. The first-order valence-electron chi connectivity index (χ1n) is 14.8. The monoisotopic (exact) mass is 546 g/mol. The number of ketones is 1. The zero-order valence-corrected chi connectivity index (χ0v) is 24.3. The number of aryl methyl sites for hydroxylation is 2. The second-order valence-electron chi connectivity index (χ2n) is 11.4. The quantitative estimate of drug-likeness (QED) is 0.243. The van der Waals surface area contributed by atoms with Crippen LogP contribution in [0.2, 0.25) is 0 Å². The van der Waals surface area contributed by atoms with Crippen LogP contribution < -0.4 is 9.47 Å². The molecule has 2 saturated carbocycles. The summed E-state index contributed by atoms with van der Waals surface area (Å²) in [7, 11) is 3.28. The molecule has 2 fully saturated rings. The lowest BCUT2D eigenvalue weighted by molar-refractivity contribution is 0.0845. The largest absolute Gasteiger partial charge is 0.497 e. The maximum Gasteiger partial charge on any atom is 0.170 e. The smallest absolute Gasteiger partial charge is 0.170 e. The van der Waals surface area contributed by atoms with Crippen LogP contribution in [0.3, 0.4) is 0 Å². The van der Waals surface area contributed by atoms with Crippen LogP contribution in [0, 0.1) is 25.7 Å². The van der Waals surface area contributed by atoms with Crippen molar-refractivity contribution in [3.63, 3.8) is 0 Å². The van der Waals surface area contributed by atoms with E-state index >= 15 is 0 Å². The maximum atomic E-state index is 12.8. The van der Waals surface area contributed by atoms with Gasteiger partial charge in [0, 0.05) is 34.4 Å². The summed E-state index contributed by atoms with van der Waals surface area (Å²) in [6, 6.07) is 11.5. The summed E-state index contributed by atoms with van der Waals surface area (Å²) in [5, 5.41) is 12.7. The molecule has 4 aromatic rings. The third kappa shape index (κ3) is 5.78. The zero-order chi connectivity index (χ0) is 28.2. The van der Waals surface area contributed by atoms with E-state index in [4.69, 9.17) is 18.3 Å². The van der Waals surface area contributed by atoms with E-state index in [0.717, 1.165) is 81.8 Å². The number of carbonyl (C=O) groups excluding carboxylic acids is 1. The fourth-order valence-corrected chi connectivity index (χ4v) is 6.60. The van der Waals surface area contributed by atoms with Crippen LogP contribution in [-0.2, 0) is 0 Å². The normalized spacial score (nSPS) is 17.4. The van der Waals surface area contributed by atoms with Gasteiger partial charge in [0.15, 0.2) is 5.78 Å². The van der Waals surface area contributed by atoms with Crippen molar-refractivity contribution in [2.24, 2.45) is 11.8 Å². The lowest BCUT2D eigenvalue weighted by Gasteiger charge is -2.26. The molecule has 6 heteroatoms. The molecule has 6 rings (SSSR count). The number of hydrogen-bond acceptors (Lipinski definition) is 6. The van der Waals surface area contributed by atoms with E-state index in [1.54, 1.807) is 14.2 Å². The minimum absolute atomic E-state index is 0.172. The molecule has 0 bridgehead atoms. The first-order valence-corrected chi connectivity index (χ1v) is 14.8. The molecule has 2 aromatic carbocycles. The minimum atomic E-state index is -0.412. The average Bonchev–Trinajstić information content (AvgIpc) is 3.51. The fourth-order valence-electron chi connectivity index (χ4n) is 6.60. The van der Waals surface area contributed by atoms with Crippen molar-refractivity contribution in [1.29, 1.82) is 0 Å². The number of rotatable bonds is 6. The van der Waals surface area contributed by atoms with Crippen LogP contribution in [0.5, 0.6) is 11.5 Å². The molecule has 1 N–H and O–H groups in total. The summed E-state index contributed by atoms with van der Waals surface area (Å²) in [5.41, 5.74) is 3.27. The van der Waals surface area contributed by atoms with E-state index in [1.807, 2.05) is 50.2 Å². The molecule has 0 amide bonds. The molecule has 1 atom stereocenters. The lowest BCUT2D eigenvalue weighted by Crippen LogP contribution is -2.18. The van der Waals surface area contributed by atoms with Gasteiger partial charge in [0.1, 0.15) is 34.2 Å². The summed E-state index contributed by atoms with van der Waals surface area (Å²) >= 11 is 0. The van der Waals surface area contributed by atoms with Crippen molar-refractivity contribution in [2.75, 3.05) is 14.2 Å². The van der Waals surface area contributed by atoms with E-state index in [0.29, 0.717) is 5.92 Å². The van der Waals surface area contributed by atoms with Crippen LogP contribution >= 0.6 is 0 Å². The molecule has 214 valence electrons. The molecular weight excluding hydrogens is 504 g/mol. The Morgan fingerprint density at radius 3 is 1.90 bits per heavy atom. The van der Waals surface area contributed by atoms with E-state index in [2.05, 4.69) is 0 Å². The molecule has 2 heterocycles. The van der Waals surface area contributed by atoms with Gasteiger partial charge >= 0.3 is 0 Å². The second-order valence-corrected chi connectivity index (χ2v) is 11.4. The van der Waals surface area contributed by atoms with E-state index in [-0.39, 0.29) is 11.7 Å². The Balaban J connectivity index is 0.000000161. The van der Waals surface area contributed by atoms with Crippen LogP contribution in [-0.4, -0.2) is 25.1 Å². The Labute approximate surface area is 236 Å². The summed E-state index contributed by atoms with van der Waals surface area (Å²) in [6.07, 6.45) is 11.2. The second kappa shape index (κ2) is 12.5. The standard InChI is InChI=1S/C17H22O3.C17H20O3/c2*1-11-16(17(18)12-6-4-3-5-7-12)14-9-8-13(19-2)10-15(14)20-11/h8-10,12,17-18H,3-7H2,1-2H3;8-10,12H,3-7H2,1-2H3. The molecule has 2 aliphatic carbocycles. The van der Waals surface area contributed by atoms with Crippen molar-refractivity contribution >= 4 is 27.7 Å². The predicted octanol–water partition coefficient (Wildman–Crippen LogP) is 8.88. The molecule has 2 aromatic heterocycles. The summed E-state index contributed by atoms with van der Waals surface area (Å²) in [6.45, 7) is 3.82. The summed E-state index contributed by atoms with van der Waals surface area (Å²) in [4.78, 5) is 12.8. The molecular formula is C34H42O6. The van der Waals surface area contributed by atoms with E-state index in [9.17, 15) is 9.90 Å². The van der Waals surface area contributed by atoms with Gasteiger partial charge in [-0.15, -0.1) is 0 Å². The third-order valence-corrected chi connectivity index (χ3v) is 8.81. The van der Waals surface area contributed by atoms with Gasteiger partial charge in [0.2, 0.25) is 0 Å². The van der Waals surface area contributed by atoms with Crippen molar-refractivity contribution in [1.82, 2.24) is 0 Å². The van der Waals surface area contributed by atoms with Gasteiger partial charge in [0.05, 0.1) is 25.9 Å². The Kier molecular flexibility index (Phi) is 8.84. The number of aliphatic hydroxyl groups is 1. The van der Waals surface area contributed by atoms with Gasteiger partial charge in [0.25, 0.3) is 0 Å². The summed E-state index contributed by atoms with van der Waals surface area (Å²) < 4.78 is 22.0. The molecule has 0 radical (unpaired) electrons. The molecule has 2 aliphatic rings. The molecule has 40 heavy (non-hydrogen) atoms. The zero-order valence-electron chi connectivity index (χ0n) is 24.3. The summed E-state index contributed by atoms with van der Waals surface area (Å²) in [5.74, 6) is 3.88. The predicted molar refractivity (Wildman–Crippen MR) is 157 cm³/mol. The molecule has 0 spiro atoms. The Bertz CT molecular complexity index is 1450. The van der Waals surface area contributed by atoms with E-state index in [1.165, 1.54) is 38.5 Å². The number of benzene rings is 2. The van der Waals surface area contributed by atoms with Crippen LogP contribution in [0.1, 0.15) is 97.8 Å². The number of Topliss-reactive ketones (excluding diaryl/α,β-unsaturated/α-hetero) is 1. The first kappa shape index (κ1) is 28.3. The number of fused-ring (bicyclic) bond motifs is 2. The molecule has 0 saturated heterocycles. The van der Waals surface area contributed by atoms with Crippen LogP contribution in [0.15, 0.2) is 45.2 Å². The lowest BCUT2D eigenvalue weighted by atomic mass is 9.82. The SMILES string of the molecule is COc1ccc2c(C(=O)C3CCCCC3)c(C)oc2c1.COc1ccc2c(C(O)C3CCCCC3)c(C)oc2c1. The van der Waals surface area contributed by atoms with Crippen LogP contribution in [0.25, 0.3) is 21.9 Å². The highest BCUT2D eigenvalue weighted by atomic mass is 16.5. The van der Waals surface area contributed by atoms with Gasteiger partial charge in [-0.2, -0.15) is 0 Å². The number of aliphatic hydroxyl groups excluding tert-OH is 1. The van der Waals surface area contributed by atoms with Crippen molar-refractivity contribution < 1.29 is 28.2 Å². The van der Waals surface area contributed by atoms with Gasteiger partial charge in [-0.05, 0) is 69.7 Å². The Morgan fingerprint density at radius 1 is 0.775 bits per heavy atom. The molecule has 0 aliphatic heterocycles. The highest BCUT2D eigenvalue weighted by Crippen LogP contribution is 2.40. The third-order valence-electron chi connectivity index (χ3n) is 8.81. The number of ether oxygens (including phenoxy) is 2. The van der Waals surface area contributed by atoms with Gasteiger partial charge in [-0.1, -0.05) is 38.5 Å². The number of furan rings is 2. The van der Waals surface area contributed by atoms with Crippen molar-refractivity contribution in [2.45, 2.75) is 84.2 Å². The minimum Gasteiger partial charge on any atom is -0.497 e. The van der Waals surface area contributed by atoms with Gasteiger partial charge in [-0.25, -0.2) is 0 Å². The Morgan fingerprint density at radius 2 is 1.30 bits per heavy atom. The highest BCUT2D eigenvalue weighted by molar-refractivity contribution is 6.09. The molecule has 1 unspecified atom stereocenters. The van der Waals surface area contributed by atoms with Crippen LogP contribution in [0.4, 0.5) is 0 Å². The number of methoxy groups -OCH3 is 2. The van der Waals surface area contributed by atoms with Crippen molar-refractivity contribution in [3.05, 3.63) is 59.0 Å².